The van der Waals surface area contributed by atoms with Gasteiger partial charge >= 0.3 is 11.7 Å². The number of halogens is 1. The van der Waals surface area contributed by atoms with E-state index in [2.05, 4.69) is 21.0 Å². The molecule has 0 unspecified atom stereocenters. The fourth-order valence-electron chi connectivity index (χ4n) is 4.19. The summed E-state index contributed by atoms with van der Waals surface area (Å²) in [5, 5.41) is 0. The Morgan fingerprint density at radius 3 is 2.60 bits per heavy atom. The summed E-state index contributed by atoms with van der Waals surface area (Å²) in [4.78, 5) is 50.6. The number of esters is 1. The molecule has 0 spiro atoms. The molecule has 1 saturated heterocycles. The maximum absolute atomic E-state index is 12.4. The van der Waals surface area contributed by atoms with Gasteiger partial charge in [-0.05, 0) is 26.2 Å². The van der Waals surface area contributed by atoms with E-state index in [1.807, 2.05) is 26.4 Å². The second-order valence-corrected chi connectivity index (χ2v) is 8.93. The third kappa shape index (κ3) is 7.47. The number of nitrogens with zero attached hydrogens (tertiary/aromatic N) is 3. The second-order valence-electron chi connectivity index (χ2n) is 8.93. The molecule has 0 bridgehead atoms. The number of hydrogen-bond acceptors (Lipinski definition) is 6. The molecule has 3 atom stereocenters. The number of ketones is 1. The predicted molar refractivity (Wildman–Crippen MR) is 123 cm³/mol. The van der Waals surface area contributed by atoms with Crippen LogP contribution in [0.15, 0.2) is 28.2 Å². The zero-order valence-corrected chi connectivity index (χ0v) is 22.4. The van der Waals surface area contributed by atoms with Gasteiger partial charge in [-0.3, -0.25) is 23.9 Å². The summed E-state index contributed by atoms with van der Waals surface area (Å²) in [5.41, 5.74) is -0.602. The van der Waals surface area contributed by atoms with E-state index in [4.69, 9.17) is 9.47 Å². The molecule has 0 aromatic carbocycles. The van der Waals surface area contributed by atoms with Crippen LogP contribution in [-0.2, 0) is 32.7 Å². The molecule has 1 fully saturated rings. The summed E-state index contributed by atoms with van der Waals surface area (Å²) >= 11 is 0. The lowest BCUT2D eigenvalue weighted by molar-refractivity contribution is -0.677. The van der Waals surface area contributed by atoms with Crippen LogP contribution in [0.1, 0.15) is 69.5 Å². The number of Topliss-reactive ketones (excluding diaryl/α,β-unsaturated/α-hetero) is 1. The molecule has 2 aromatic rings. The summed E-state index contributed by atoms with van der Waals surface area (Å²) < 4.78 is 17.1. The third-order valence-electron chi connectivity index (χ3n) is 6.43. The van der Waals surface area contributed by atoms with E-state index in [0.717, 1.165) is 25.2 Å². The Hall–Kier alpha value is -2.53. The summed E-state index contributed by atoms with van der Waals surface area (Å²) in [7, 11) is 2.00. The maximum Gasteiger partial charge on any atom is 0.330 e. The average molecular weight is 555 g/mol. The summed E-state index contributed by atoms with van der Waals surface area (Å²) in [6, 6.07) is 0. The van der Waals surface area contributed by atoms with Crippen molar-refractivity contribution in [2.24, 2.45) is 7.05 Å². The lowest BCUT2D eigenvalue weighted by atomic mass is 10.1. The van der Waals surface area contributed by atoms with Crippen molar-refractivity contribution in [1.29, 1.82) is 0 Å². The van der Waals surface area contributed by atoms with Crippen LogP contribution in [0.2, 0.25) is 0 Å². The monoisotopic (exact) mass is 554 g/mol. The van der Waals surface area contributed by atoms with Crippen molar-refractivity contribution in [2.45, 2.75) is 90.7 Å². The topological polar surface area (TPSA) is 116 Å². The first kappa shape index (κ1) is 28.7. The highest BCUT2D eigenvalue weighted by Crippen LogP contribution is 2.31. The van der Waals surface area contributed by atoms with Crippen molar-refractivity contribution < 1.29 is 40.6 Å². The fraction of sp³-hybridized carbons (Fsp3) is 0.625. The van der Waals surface area contributed by atoms with E-state index in [9.17, 15) is 19.2 Å². The van der Waals surface area contributed by atoms with E-state index in [1.165, 1.54) is 10.8 Å². The number of aromatic amines is 1. The molecule has 35 heavy (non-hydrogen) atoms. The van der Waals surface area contributed by atoms with Crippen molar-refractivity contribution in [2.75, 3.05) is 0 Å². The van der Waals surface area contributed by atoms with E-state index in [1.54, 1.807) is 6.92 Å². The Kier molecular flexibility index (Phi) is 10.6. The molecule has 2 aromatic heterocycles. The Balaban J connectivity index is 0.00000432. The number of carbonyl (C=O) groups excluding carboxylic acids is 2. The number of hydrogen-bond donors (Lipinski definition) is 1. The van der Waals surface area contributed by atoms with Gasteiger partial charge in [-0.1, -0.05) is 6.92 Å². The first-order chi connectivity index (χ1) is 16.2. The molecule has 0 aliphatic carbocycles. The Labute approximate surface area is 215 Å². The molecular weight excluding hydrogens is 520 g/mol. The van der Waals surface area contributed by atoms with Gasteiger partial charge in [-0.2, -0.15) is 0 Å². The molecule has 3 rings (SSSR count). The standard InChI is InChI=1S/C24H34N4O6.BrH/c1-5-19-20(14-21(33-19)28-15-16(2)23(31)25-24(28)32)34-22(30)10-9-18(29)8-6-7-11-27-13-12-26(4)17(27)3;/h12-13,15,19-21H,5-11,14H2,1-4H3;1H/t19-,20-,21-;/m1./s1. The number of nitrogens with one attached hydrogen (secondary N) is 1. The number of aromatic nitrogens is 4. The number of H-pyrrole nitrogens is 1. The van der Waals surface area contributed by atoms with Gasteiger partial charge in [0, 0.05) is 37.9 Å². The smallest absolute Gasteiger partial charge is 0.330 e. The van der Waals surface area contributed by atoms with Crippen LogP contribution < -0.4 is 32.8 Å². The molecule has 1 N–H and O–H groups in total. The molecule has 3 heterocycles. The molecule has 0 radical (unpaired) electrons. The number of carbonyl (C=O) groups is 2. The highest BCUT2D eigenvalue weighted by Gasteiger charge is 2.38. The van der Waals surface area contributed by atoms with Gasteiger partial charge in [0.2, 0.25) is 0 Å². The second kappa shape index (κ2) is 13.0. The van der Waals surface area contributed by atoms with Crippen LogP contribution in [-0.4, -0.2) is 38.1 Å². The highest BCUT2D eigenvalue weighted by atomic mass is 79.9. The Morgan fingerprint density at radius 2 is 1.94 bits per heavy atom. The van der Waals surface area contributed by atoms with E-state index < -0.39 is 29.6 Å². The van der Waals surface area contributed by atoms with Crippen molar-refractivity contribution in [3.05, 3.63) is 50.8 Å². The first-order valence-corrected chi connectivity index (χ1v) is 11.9. The molecule has 1 aliphatic rings. The minimum atomic E-state index is -0.626. The van der Waals surface area contributed by atoms with Gasteiger partial charge in [-0.15, -0.1) is 0 Å². The maximum atomic E-state index is 12.4. The zero-order chi connectivity index (χ0) is 24.8. The predicted octanol–water partition coefficient (Wildman–Crippen LogP) is -1.39. The number of imidazole rings is 1. The van der Waals surface area contributed by atoms with Crippen LogP contribution in [0.25, 0.3) is 0 Å². The molecule has 11 heteroatoms. The van der Waals surface area contributed by atoms with Crippen molar-refractivity contribution in [1.82, 2.24) is 14.1 Å². The van der Waals surface area contributed by atoms with Crippen LogP contribution in [0.3, 0.4) is 0 Å². The molecular formula is C24H35BrN4O6. The van der Waals surface area contributed by atoms with E-state index in [0.29, 0.717) is 24.8 Å². The van der Waals surface area contributed by atoms with Gasteiger partial charge in [-0.25, -0.2) is 13.9 Å². The normalized spacial score (nSPS) is 19.4. The number of aryl methyl sites for hydroxylation is 3. The van der Waals surface area contributed by atoms with Crippen LogP contribution in [0, 0.1) is 13.8 Å². The van der Waals surface area contributed by atoms with Gasteiger partial charge < -0.3 is 26.5 Å². The van der Waals surface area contributed by atoms with Crippen molar-refractivity contribution in [3.63, 3.8) is 0 Å². The largest absolute Gasteiger partial charge is 1.00 e. The Morgan fingerprint density at radius 1 is 1.20 bits per heavy atom. The quantitative estimate of drug-likeness (QED) is 0.208. The van der Waals surface area contributed by atoms with Crippen LogP contribution >= 0.6 is 0 Å². The minimum absolute atomic E-state index is 0. The SMILES string of the molecule is CC[C@H]1O[C@@H](n2cc(C)c(=O)[nH]c2=O)C[C@H]1OC(=O)CCC(=O)CCCCn1cc[n+](C)c1C.[Br-]. The number of unbranched alkanes of at least 4 members (excludes halogenated alkanes) is 1. The summed E-state index contributed by atoms with van der Waals surface area (Å²) in [6.45, 7) is 6.43. The fourth-order valence-corrected chi connectivity index (χ4v) is 4.19. The summed E-state index contributed by atoms with van der Waals surface area (Å²) in [5.74, 6) is 0.772. The number of rotatable bonds is 11. The van der Waals surface area contributed by atoms with Gasteiger partial charge in [0.15, 0.2) is 0 Å². The summed E-state index contributed by atoms with van der Waals surface area (Å²) in [6.07, 6.45) is 7.21. The highest BCUT2D eigenvalue weighted by molar-refractivity contribution is 5.82. The lowest BCUT2D eigenvalue weighted by Gasteiger charge is -2.17. The third-order valence-corrected chi connectivity index (χ3v) is 6.43. The van der Waals surface area contributed by atoms with Crippen molar-refractivity contribution >= 4 is 11.8 Å². The Bertz CT molecular complexity index is 1140. The molecule has 0 amide bonds. The van der Waals surface area contributed by atoms with Gasteiger partial charge in [0.25, 0.3) is 11.4 Å². The number of ether oxygens (including phenoxy) is 2. The van der Waals surface area contributed by atoms with E-state index in [-0.39, 0.29) is 41.7 Å². The van der Waals surface area contributed by atoms with Crippen LogP contribution in [0.5, 0.6) is 0 Å². The van der Waals surface area contributed by atoms with Gasteiger partial charge in [0.05, 0.1) is 26.1 Å². The molecule has 10 nitrogen and oxygen atoms in total. The van der Waals surface area contributed by atoms with Crippen molar-refractivity contribution in [3.8, 4) is 0 Å². The average Bonchev–Trinajstić information content (AvgIpc) is 3.35. The molecule has 194 valence electrons. The minimum Gasteiger partial charge on any atom is -1.00 e. The first-order valence-electron chi connectivity index (χ1n) is 11.9. The molecule has 1 aliphatic heterocycles. The molecule has 0 saturated carbocycles. The zero-order valence-electron chi connectivity index (χ0n) is 20.8. The van der Waals surface area contributed by atoms with E-state index >= 15 is 0 Å². The van der Waals surface area contributed by atoms with Crippen LogP contribution in [0.4, 0.5) is 0 Å². The van der Waals surface area contributed by atoms with Gasteiger partial charge in [0.1, 0.15) is 30.5 Å². The lowest BCUT2D eigenvalue weighted by Crippen LogP contribution is -3.00.